The highest BCUT2D eigenvalue weighted by molar-refractivity contribution is 7.89. The molecule has 0 unspecified atom stereocenters. The minimum Gasteiger partial charge on any atom is -0.482 e. The number of aromatic nitrogens is 1. The minimum atomic E-state index is -5.24. The lowest BCUT2D eigenvalue weighted by Crippen LogP contribution is -2.26. The molecule has 0 aliphatic heterocycles. The first-order valence-electron chi connectivity index (χ1n) is 4.14. The van der Waals surface area contributed by atoms with Crippen molar-refractivity contribution >= 4 is 10.0 Å². The number of H-pyrrole nitrogens is 1. The van der Waals surface area contributed by atoms with Gasteiger partial charge in [0.25, 0.3) is 10.0 Å². The van der Waals surface area contributed by atoms with Crippen LogP contribution in [0.25, 0.3) is 0 Å². The summed E-state index contributed by atoms with van der Waals surface area (Å²) in [5.41, 5.74) is -1.34. The minimum absolute atomic E-state index is 0.376. The normalized spacial score (nSPS) is 12.3. The van der Waals surface area contributed by atoms with Gasteiger partial charge in [0, 0.05) is 6.07 Å². The summed E-state index contributed by atoms with van der Waals surface area (Å²) in [7, 11) is -3.55. The number of rotatable bonds is 3. The summed E-state index contributed by atoms with van der Waals surface area (Å²) in [5, 5.41) is 3.45. The van der Waals surface area contributed by atoms with E-state index in [1.807, 2.05) is 4.98 Å². The molecule has 0 amide bonds. The van der Waals surface area contributed by atoms with Crippen molar-refractivity contribution in [3.05, 3.63) is 16.3 Å². The molecule has 11 heteroatoms. The van der Waals surface area contributed by atoms with Crippen molar-refractivity contribution in [2.45, 2.75) is 11.4 Å². The van der Waals surface area contributed by atoms with Gasteiger partial charge >= 0.3 is 6.36 Å². The predicted molar refractivity (Wildman–Crippen MR) is 51.7 cm³/mol. The van der Waals surface area contributed by atoms with E-state index in [9.17, 15) is 26.4 Å². The number of nitrogens with two attached hydrogens (primary N) is 1. The third-order valence-corrected chi connectivity index (χ3v) is 2.51. The van der Waals surface area contributed by atoms with Crippen LogP contribution in [0.4, 0.5) is 13.2 Å². The number of alkyl halides is 3. The van der Waals surface area contributed by atoms with E-state index in [1.165, 1.54) is 0 Å². The largest absolute Gasteiger partial charge is 0.573 e. The van der Waals surface area contributed by atoms with Crippen molar-refractivity contribution < 1.29 is 31.1 Å². The van der Waals surface area contributed by atoms with Crippen LogP contribution in [0.1, 0.15) is 0 Å². The smallest absolute Gasteiger partial charge is 0.482 e. The van der Waals surface area contributed by atoms with Crippen LogP contribution in [0.3, 0.4) is 0 Å². The van der Waals surface area contributed by atoms with Crippen molar-refractivity contribution in [1.29, 1.82) is 0 Å². The maximum Gasteiger partial charge on any atom is 0.573 e. The SMILES string of the molecule is COc1cc(=O)c(OC(F)(F)F)c(S(N)(=O)=O)[nH]1. The number of hydrogen-bond acceptors (Lipinski definition) is 5. The fraction of sp³-hybridized carbons (Fsp3) is 0.286. The first-order valence-corrected chi connectivity index (χ1v) is 5.69. The molecule has 0 spiro atoms. The van der Waals surface area contributed by atoms with E-state index in [2.05, 4.69) is 14.6 Å². The van der Waals surface area contributed by atoms with E-state index < -0.39 is 32.6 Å². The Balaban J connectivity index is 3.54. The number of hydrogen-bond donors (Lipinski definition) is 2. The molecule has 1 aromatic rings. The standard InChI is InChI=1S/C7H7F3N2O5S/c1-16-4-2-3(13)5(17-7(8,9)10)6(12-4)18(11,14)15/h2H,1H3,(H,12,13)(H2,11,14,15). The third kappa shape index (κ3) is 3.37. The number of ether oxygens (including phenoxy) is 2. The van der Waals surface area contributed by atoms with Crippen LogP contribution in [-0.4, -0.2) is 26.9 Å². The maximum atomic E-state index is 12.0. The molecule has 18 heavy (non-hydrogen) atoms. The van der Waals surface area contributed by atoms with Gasteiger partial charge in [-0.15, -0.1) is 13.2 Å². The lowest BCUT2D eigenvalue weighted by Gasteiger charge is -2.12. The average molecular weight is 288 g/mol. The lowest BCUT2D eigenvalue weighted by atomic mass is 10.4. The molecular weight excluding hydrogens is 281 g/mol. The van der Waals surface area contributed by atoms with E-state index in [4.69, 9.17) is 0 Å². The summed E-state index contributed by atoms with van der Waals surface area (Å²) in [4.78, 5) is 13.2. The molecule has 0 aliphatic rings. The van der Waals surface area contributed by atoms with Crippen molar-refractivity contribution in [2.24, 2.45) is 5.14 Å². The van der Waals surface area contributed by atoms with Crippen LogP contribution in [0.5, 0.6) is 11.6 Å². The number of pyridine rings is 1. The summed E-state index contributed by atoms with van der Waals surface area (Å²) >= 11 is 0. The molecule has 0 bridgehead atoms. The first-order chi connectivity index (χ1) is 8.04. The van der Waals surface area contributed by atoms with E-state index in [0.29, 0.717) is 6.07 Å². The molecule has 3 N–H and O–H groups in total. The summed E-state index contributed by atoms with van der Waals surface area (Å²) in [6.45, 7) is 0. The van der Waals surface area contributed by atoms with Gasteiger partial charge in [-0.05, 0) is 0 Å². The van der Waals surface area contributed by atoms with Gasteiger partial charge in [0.05, 0.1) is 7.11 Å². The van der Waals surface area contributed by atoms with Gasteiger partial charge in [-0.3, -0.25) is 4.79 Å². The van der Waals surface area contributed by atoms with Crippen molar-refractivity contribution in [3.8, 4) is 11.6 Å². The Labute approximate surface area is 98.4 Å². The van der Waals surface area contributed by atoms with Gasteiger partial charge in [0.15, 0.2) is 10.9 Å². The Morgan fingerprint density at radius 3 is 2.33 bits per heavy atom. The molecule has 1 heterocycles. The van der Waals surface area contributed by atoms with E-state index in [0.717, 1.165) is 7.11 Å². The number of primary sulfonamides is 1. The van der Waals surface area contributed by atoms with Crippen molar-refractivity contribution in [3.63, 3.8) is 0 Å². The molecule has 1 aromatic heterocycles. The molecule has 7 nitrogen and oxygen atoms in total. The highest BCUT2D eigenvalue weighted by atomic mass is 32.2. The van der Waals surface area contributed by atoms with E-state index in [1.54, 1.807) is 0 Å². The molecule has 0 saturated heterocycles. The zero-order valence-electron chi connectivity index (χ0n) is 8.74. The molecule has 0 aromatic carbocycles. The highest BCUT2D eigenvalue weighted by Gasteiger charge is 2.35. The van der Waals surface area contributed by atoms with Gasteiger partial charge in [-0.2, -0.15) is 0 Å². The van der Waals surface area contributed by atoms with Crippen molar-refractivity contribution in [2.75, 3.05) is 7.11 Å². The van der Waals surface area contributed by atoms with Crippen LogP contribution >= 0.6 is 0 Å². The first kappa shape index (κ1) is 14.3. The van der Waals surface area contributed by atoms with Gasteiger partial charge < -0.3 is 14.5 Å². The summed E-state index contributed by atoms with van der Waals surface area (Å²) in [5.74, 6) is -1.84. The van der Waals surface area contributed by atoms with Gasteiger partial charge in [-0.1, -0.05) is 0 Å². The third-order valence-electron chi connectivity index (χ3n) is 1.65. The topological polar surface area (TPSA) is 111 Å². The molecule has 0 fully saturated rings. The van der Waals surface area contributed by atoms with Crippen LogP contribution in [0.2, 0.25) is 0 Å². The van der Waals surface area contributed by atoms with Crippen LogP contribution in [0.15, 0.2) is 15.9 Å². The molecule has 1 rings (SSSR count). The van der Waals surface area contributed by atoms with Gasteiger partial charge in [-0.25, -0.2) is 13.6 Å². The van der Waals surface area contributed by atoms with Crippen LogP contribution in [-0.2, 0) is 10.0 Å². The lowest BCUT2D eigenvalue weighted by molar-refractivity contribution is -0.276. The monoisotopic (exact) mass is 288 g/mol. The maximum absolute atomic E-state index is 12.0. The zero-order valence-corrected chi connectivity index (χ0v) is 9.55. The Morgan fingerprint density at radius 1 is 1.39 bits per heavy atom. The van der Waals surface area contributed by atoms with Crippen LogP contribution < -0.4 is 20.0 Å². The molecular formula is C7H7F3N2O5S. The van der Waals surface area contributed by atoms with Crippen LogP contribution in [0, 0.1) is 0 Å². The molecule has 0 atom stereocenters. The van der Waals surface area contributed by atoms with Gasteiger partial charge in [0.2, 0.25) is 11.2 Å². The van der Waals surface area contributed by atoms with E-state index in [-0.39, 0.29) is 5.88 Å². The molecule has 0 aliphatic carbocycles. The van der Waals surface area contributed by atoms with E-state index >= 15 is 0 Å². The predicted octanol–water partition coefficient (Wildman–Crippen LogP) is -0.0705. The summed E-state index contributed by atoms with van der Waals surface area (Å²) in [6.07, 6.45) is -5.24. The Hall–Kier alpha value is -1.75. The summed E-state index contributed by atoms with van der Waals surface area (Å²) < 4.78 is 66.1. The molecule has 102 valence electrons. The Bertz CT molecular complexity index is 606. The fourth-order valence-electron chi connectivity index (χ4n) is 1.02. The van der Waals surface area contributed by atoms with Gasteiger partial charge in [0.1, 0.15) is 0 Å². The number of halogens is 3. The zero-order chi connectivity index (χ0) is 14.1. The average Bonchev–Trinajstić information content (AvgIpc) is 2.17. The van der Waals surface area contributed by atoms with Crippen molar-refractivity contribution in [1.82, 2.24) is 4.98 Å². The second-order valence-electron chi connectivity index (χ2n) is 2.95. The number of sulfonamides is 1. The number of aromatic amines is 1. The Kier molecular flexibility index (Phi) is 3.57. The quantitative estimate of drug-likeness (QED) is 0.808. The highest BCUT2D eigenvalue weighted by Crippen LogP contribution is 2.25. The molecule has 0 radical (unpaired) electrons. The number of methoxy groups -OCH3 is 1. The summed E-state index contributed by atoms with van der Waals surface area (Å²) in [6, 6.07) is 0.593. The molecule has 0 saturated carbocycles. The second-order valence-corrected chi connectivity index (χ2v) is 4.45. The second kappa shape index (κ2) is 4.49. The Morgan fingerprint density at radius 2 is 1.94 bits per heavy atom. The number of nitrogens with one attached hydrogen (secondary N) is 1. The fourth-order valence-corrected chi connectivity index (χ4v) is 1.67.